The maximum atomic E-state index is 13.5. The highest BCUT2D eigenvalue weighted by Crippen LogP contribution is 2.42. The number of thioether (sulfide) groups is 1. The minimum atomic E-state index is -0.370. The van der Waals surface area contributed by atoms with Crippen LogP contribution in [0.15, 0.2) is 51.9 Å². The number of amides is 1. The molecule has 1 aliphatic heterocycles. The van der Waals surface area contributed by atoms with Crippen molar-refractivity contribution in [3.63, 3.8) is 0 Å². The van der Waals surface area contributed by atoms with Gasteiger partial charge in [-0.15, -0.1) is 11.8 Å². The third kappa shape index (κ3) is 12.3. The van der Waals surface area contributed by atoms with Crippen LogP contribution in [0.1, 0.15) is 113 Å². The molecule has 1 amide bonds. The van der Waals surface area contributed by atoms with Crippen LogP contribution in [0.4, 0.5) is 0 Å². The van der Waals surface area contributed by atoms with Gasteiger partial charge >= 0.3 is 5.97 Å². The average molecular weight is 561 g/mol. The van der Waals surface area contributed by atoms with E-state index in [-0.39, 0.29) is 17.5 Å². The van der Waals surface area contributed by atoms with E-state index in [9.17, 15) is 9.59 Å². The number of carbonyl (C=O) groups is 2. The highest BCUT2D eigenvalue weighted by atomic mass is 32.2. The Balaban J connectivity index is 0.00000189. The molecule has 0 N–H and O–H groups in total. The fourth-order valence-electron chi connectivity index (χ4n) is 4.34. The third-order valence-corrected chi connectivity index (χ3v) is 7.67. The molecule has 2 saturated carbocycles. The fraction of sp³-hybridized carbons (Fsp3) is 0.667. The maximum absolute atomic E-state index is 13.5. The third-order valence-electron chi connectivity index (χ3n) is 6.29. The topological polar surface area (TPSA) is 59.0 Å². The lowest BCUT2D eigenvalue weighted by Crippen LogP contribution is -2.48. The van der Waals surface area contributed by atoms with Crippen molar-refractivity contribution < 1.29 is 14.3 Å². The summed E-state index contributed by atoms with van der Waals surface area (Å²) < 4.78 is 4.81. The predicted molar refractivity (Wildman–Crippen MR) is 171 cm³/mol. The maximum Gasteiger partial charge on any atom is 0.337 e. The molecule has 1 heterocycles. The van der Waals surface area contributed by atoms with Gasteiger partial charge in [-0.1, -0.05) is 84.8 Å². The number of hydrogen-bond donors (Lipinski definition) is 0. The Morgan fingerprint density at radius 3 is 2.23 bits per heavy atom. The normalized spacial score (nSPS) is 18.6. The molecule has 5 nitrogen and oxygen atoms in total. The van der Waals surface area contributed by atoms with Crippen LogP contribution in [0.2, 0.25) is 0 Å². The fourth-order valence-corrected chi connectivity index (χ4v) is 5.53. The molecule has 39 heavy (non-hydrogen) atoms. The van der Waals surface area contributed by atoms with Crippen LogP contribution < -0.4 is 0 Å². The molecule has 0 aromatic carbocycles. The summed E-state index contributed by atoms with van der Waals surface area (Å²) in [5.74, 6) is 1.62. The predicted octanol–water partition coefficient (Wildman–Crippen LogP) is 9.07. The Kier molecular flexibility index (Phi) is 20.5. The summed E-state index contributed by atoms with van der Waals surface area (Å²) in [7, 11) is 1.38. The zero-order chi connectivity index (χ0) is 29.7. The van der Waals surface area contributed by atoms with Gasteiger partial charge in [-0.3, -0.25) is 9.79 Å². The van der Waals surface area contributed by atoms with Crippen molar-refractivity contribution in [1.82, 2.24) is 4.90 Å². The van der Waals surface area contributed by atoms with Gasteiger partial charge in [0.2, 0.25) is 0 Å². The lowest BCUT2D eigenvalue weighted by Gasteiger charge is -2.39. The van der Waals surface area contributed by atoms with E-state index in [0.29, 0.717) is 17.8 Å². The van der Waals surface area contributed by atoms with Crippen molar-refractivity contribution in [1.29, 1.82) is 0 Å². The molecule has 1 spiro atoms. The van der Waals surface area contributed by atoms with Crippen LogP contribution in [-0.2, 0) is 14.3 Å². The molecule has 2 fully saturated rings. The smallest absolute Gasteiger partial charge is 0.337 e. The lowest BCUT2D eigenvalue weighted by atomic mass is 9.88. The highest BCUT2D eigenvalue weighted by Gasteiger charge is 2.47. The molecular formula is C33H56N2O3S. The van der Waals surface area contributed by atoms with Crippen molar-refractivity contribution >= 4 is 29.4 Å². The molecule has 222 valence electrons. The van der Waals surface area contributed by atoms with Crippen molar-refractivity contribution in [2.75, 3.05) is 19.4 Å². The van der Waals surface area contributed by atoms with Crippen LogP contribution in [0.25, 0.3) is 0 Å². The van der Waals surface area contributed by atoms with Crippen LogP contribution in [0, 0.1) is 5.92 Å². The molecule has 3 aliphatic rings. The number of esters is 1. The average Bonchev–Trinajstić information content (AvgIpc) is 3.77. The van der Waals surface area contributed by atoms with Gasteiger partial charge < -0.3 is 9.64 Å². The van der Waals surface area contributed by atoms with Crippen molar-refractivity contribution in [3.8, 4) is 0 Å². The van der Waals surface area contributed by atoms with Crippen LogP contribution in [0.5, 0.6) is 0 Å². The van der Waals surface area contributed by atoms with Gasteiger partial charge in [0.05, 0.1) is 12.7 Å². The molecular weight excluding hydrogens is 504 g/mol. The van der Waals surface area contributed by atoms with Crippen molar-refractivity contribution in [2.45, 2.75) is 119 Å². The van der Waals surface area contributed by atoms with Gasteiger partial charge in [0.1, 0.15) is 11.4 Å². The number of aliphatic imine (C=N–C) groups is 1. The molecule has 0 unspecified atom stereocenters. The van der Waals surface area contributed by atoms with E-state index in [2.05, 4.69) is 19.9 Å². The molecule has 0 aromatic heterocycles. The van der Waals surface area contributed by atoms with Gasteiger partial charge in [-0.25, -0.2) is 4.79 Å². The molecule has 0 atom stereocenters. The Labute approximate surface area is 244 Å². The highest BCUT2D eigenvalue weighted by molar-refractivity contribution is 8.04. The van der Waals surface area contributed by atoms with Gasteiger partial charge in [-0.2, -0.15) is 0 Å². The number of hydrogen-bond acceptors (Lipinski definition) is 5. The van der Waals surface area contributed by atoms with E-state index < -0.39 is 0 Å². The van der Waals surface area contributed by atoms with E-state index in [1.165, 1.54) is 32.8 Å². The molecule has 2 aliphatic carbocycles. The van der Waals surface area contributed by atoms with Gasteiger partial charge in [0.25, 0.3) is 5.91 Å². The van der Waals surface area contributed by atoms with E-state index in [4.69, 9.17) is 9.73 Å². The van der Waals surface area contributed by atoms with Crippen LogP contribution in [0.3, 0.4) is 0 Å². The molecule has 0 radical (unpaired) electrons. The van der Waals surface area contributed by atoms with Crippen molar-refractivity contribution in [3.05, 3.63) is 46.9 Å². The Bertz CT molecular complexity index is 860. The summed E-state index contributed by atoms with van der Waals surface area (Å²) in [5.41, 5.74) is 0.804. The molecule has 3 rings (SSSR count). The number of carbonyl (C=O) groups excluding carboxylic acids is 2. The van der Waals surface area contributed by atoms with E-state index >= 15 is 0 Å². The largest absolute Gasteiger partial charge is 0.465 e. The summed E-state index contributed by atoms with van der Waals surface area (Å²) in [6, 6.07) is 0. The summed E-state index contributed by atoms with van der Waals surface area (Å²) in [6.45, 7) is 16.8. The van der Waals surface area contributed by atoms with E-state index in [0.717, 1.165) is 48.7 Å². The molecule has 0 bridgehead atoms. The number of ether oxygens (including phenoxy) is 1. The van der Waals surface area contributed by atoms with Gasteiger partial charge in [0.15, 0.2) is 0 Å². The molecule has 0 saturated heterocycles. The first kappa shape index (κ1) is 36.9. The van der Waals surface area contributed by atoms with Crippen LogP contribution in [-0.4, -0.2) is 47.6 Å². The summed E-state index contributed by atoms with van der Waals surface area (Å²) in [5, 5.41) is 0. The first-order chi connectivity index (χ1) is 19.0. The second-order valence-electron chi connectivity index (χ2n) is 9.41. The molecule has 0 aromatic rings. The van der Waals surface area contributed by atoms with Gasteiger partial charge in [-0.05, 0) is 70.8 Å². The zero-order valence-corrected chi connectivity index (χ0v) is 27.2. The Hall–Kier alpha value is -2.08. The summed E-state index contributed by atoms with van der Waals surface area (Å²) in [6.07, 6.45) is 21.2. The number of allylic oxidation sites excluding steroid dienone is 4. The van der Waals surface area contributed by atoms with Crippen molar-refractivity contribution in [2.24, 2.45) is 10.9 Å². The van der Waals surface area contributed by atoms with Crippen LogP contribution >= 0.6 is 11.8 Å². The SMILES string of the molecule is CC.CC.CCC.C\C=C/C(=C\C=C\CCN1C(=O)C(/C(=C/C)SCC2CC2)=NC12CCCCC2)C(=O)OC. The zero-order valence-electron chi connectivity index (χ0n) is 26.3. The quantitative estimate of drug-likeness (QED) is 0.152. The first-order valence-electron chi connectivity index (χ1n) is 15.2. The number of rotatable bonds is 10. The lowest BCUT2D eigenvalue weighted by molar-refractivity contribution is -0.135. The van der Waals surface area contributed by atoms with E-state index in [1.807, 2.05) is 64.7 Å². The Morgan fingerprint density at radius 2 is 1.72 bits per heavy atom. The second kappa shape index (κ2) is 21.7. The standard InChI is InChI=1S/C26H36N2O3S.C3H8.2C2H6/c1-4-12-21(25(30)31-3)13-8-6-11-18-28-24(29)23(22(5-2)32-19-20-14-15-20)27-26(28)16-9-7-10-17-26;1-3-2;2*1-2/h4-6,8,12-13,20H,7,9-11,14-19H2,1-3H3;3H2,1-2H3;2*1-2H3/b8-6+,12-4-,21-13+,22-5-;;;. The minimum absolute atomic E-state index is 0.0800. The Morgan fingerprint density at radius 1 is 1.10 bits per heavy atom. The summed E-state index contributed by atoms with van der Waals surface area (Å²) in [4.78, 5) is 33.4. The molecule has 6 heteroatoms. The number of methoxy groups -OCH3 is 1. The second-order valence-corrected chi connectivity index (χ2v) is 10.5. The summed E-state index contributed by atoms with van der Waals surface area (Å²) >= 11 is 1.80. The monoisotopic (exact) mass is 560 g/mol. The van der Waals surface area contributed by atoms with E-state index in [1.54, 1.807) is 23.9 Å². The van der Waals surface area contributed by atoms with Gasteiger partial charge in [0, 0.05) is 17.2 Å². The number of nitrogens with zero attached hydrogens (tertiary/aromatic N) is 2. The minimum Gasteiger partial charge on any atom is -0.465 e. The first-order valence-corrected chi connectivity index (χ1v) is 16.2.